The van der Waals surface area contributed by atoms with Gasteiger partial charge in [-0.05, 0) is 91.7 Å². The summed E-state index contributed by atoms with van der Waals surface area (Å²) in [4.78, 5) is 12.9. The van der Waals surface area contributed by atoms with Crippen molar-refractivity contribution in [2.24, 2.45) is 0 Å². The zero-order valence-electron chi connectivity index (χ0n) is 27.5. The number of nitriles is 1. The minimum Gasteiger partial charge on any atom is -0.228 e. The van der Waals surface area contributed by atoms with Gasteiger partial charge in [0.2, 0.25) is 0 Å². The minimum absolute atomic E-state index is 0.249. The van der Waals surface area contributed by atoms with Crippen LogP contribution < -0.4 is 0 Å². The van der Waals surface area contributed by atoms with Crippen molar-refractivity contribution in [2.45, 2.75) is 29.1 Å². The fourth-order valence-corrected chi connectivity index (χ4v) is 9.68. The van der Waals surface area contributed by atoms with E-state index in [0.29, 0.717) is 11.4 Å². The molecular weight excluding hydrogens is 627 g/mol. The van der Waals surface area contributed by atoms with Crippen molar-refractivity contribution in [2.75, 3.05) is 0 Å². The fraction of sp³-hybridized carbons (Fsp3) is 0.0652. The van der Waals surface area contributed by atoms with Gasteiger partial charge in [-0.2, -0.15) is 5.26 Å². The van der Waals surface area contributed by atoms with Gasteiger partial charge in [0.05, 0.1) is 22.8 Å². The fourth-order valence-electron chi connectivity index (χ4n) is 8.21. The Hall–Kier alpha value is -6.02. The van der Waals surface area contributed by atoms with Crippen molar-refractivity contribution in [3.05, 3.63) is 156 Å². The molecule has 1 aliphatic heterocycles. The van der Waals surface area contributed by atoms with Crippen molar-refractivity contribution in [3.8, 4) is 62.1 Å². The molecule has 0 atom stereocenters. The Kier molecular flexibility index (Phi) is 6.22. The Morgan fingerprint density at radius 2 is 1.24 bits per heavy atom. The predicted octanol–water partition coefficient (Wildman–Crippen LogP) is 12.1. The van der Waals surface area contributed by atoms with Crippen molar-refractivity contribution in [3.63, 3.8) is 0 Å². The summed E-state index contributed by atoms with van der Waals surface area (Å²) in [6, 6.07) is 51.7. The number of nitrogens with zero attached hydrogens (tertiary/aromatic N) is 3. The summed E-state index contributed by atoms with van der Waals surface area (Å²) in [5.41, 5.74) is 14.0. The number of rotatable bonds is 3. The van der Waals surface area contributed by atoms with Crippen LogP contribution in [0.4, 0.5) is 0 Å². The smallest absolute Gasteiger partial charge is 0.161 e. The lowest BCUT2D eigenvalue weighted by Crippen LogP contribution is -2.25. The van der Waals surface area contributed by atoms with Crippen LogP contribution in [0.15, 0.2) is 149 Å². The number of para-hydroxylation sites is 1. The molecule has 3 nitrogen and oxygen atoms in total. The number of hydrogen-bond acceptors (Lipinski definition) is 4. The largest absolute Gasteiger partial charge is 0.228 e. The first-order valence-electron chi connectivity index (χ1n) is 16.9. The van der Waals surface area contributed by atoms with Gasteiger partial charge in [-0.3, -0.25) is 0 Å². The Morgan fingerprint density at radius 1 is 0.560 bits per heavy atom. The Labute approximate surface area is 294 Å². The van der Waals surface area contributed by atoms with Crippen LogP contribution in [0.2, 0.25) is 0 Å². The highest BCUT2D eigenvalue weighted by molar-refractivity contribution is 7.99. The topological polar surface area (TPSA) is 49.6 Å². The lowest BCUT2D eigenvalue weighted by Gasteiger charge is -2.36. The second kappa shape index (κ2) is 10.7. The van der Waals surface area contributed by atoms with E-state index >= 15 is 0 Å². The molecule has 0 saturated carbocycles. The van der Waals surface area contributed by atoms with E-state index in [1.807, 2.05) is 12.1 Å². The van der Waals surface area contributed by atoms with Crippen LogP contribution in [0.1, 0.15) is 30.5 Å². The average molecular weight is 656 g/mol. The number of hydrogen-bond donors (Lipinski definition) is 0. The van der Waals surface area contributed by atoms with Gasteiger partial charge in [0.25, 0.3) is 0 Å². The van der Waals surface area contributed by atoms with Crippen LogP contribution in [-0.4, -0.2) is 9.97 Å². The molecule has 1 aromatic heterocycles. The van der Waals surface area contributed by atoms with Crippen LogP contribution in [0.5, 0.6) is 0 Å². The predicted molar refractivity (Wildman–Crippen MR) is 205 cm³/mol. The molecule has 8 aromatic rings. The molecule has 2 aliphatic rings. The third-order valence-corrected chi connectivity index (χ3v) is 11.6. The lowest BCUT2D eigenvalue weighted by atomic mass is 9.74. The zero-order chi connectivity index (χ0) is 33.6. The van der Waals surface area contributed by atoms with E-state index in [-0.39, 0.29) is 5.41 Å². The highest BCUT2D eigenvalue weighted by atomic mass is 32.2. The number of fused-ring (bicyclic) bond motifs is 6. The van der Waals surface area contributed by atoms with E-state index in [9.17, 15) is 5.26 Å². The highest BCUT2D eigenvalue weighted by Crippen LogP contribution is 2.53. The summed E-state index contributed by atoms with van der Waals surface area (Å²) < 4.78 is 0. The Balaban J connectivity index is 1.17. The maximum absolute atomic E-state index is 10.1. The van der Waals surface area contributed by atoms with E-state index in [1.54, 1.807) is 11.8 Å². The molecule has 7 aromatic carbocycles. The summed E-state index contributed by atoms with van der Waals surface area (Å²) in [7, 11) is 0. The van der Waals surface area contributed by atoms with Gasteiger partial charge >= 0.3 is 0 Å². The van der Waals surface area contributed by atoms with Gasteiger partial charge in [-0.25, -0.2) is 9.97 Å². The maximum atomic E-state index is 10.1. The number of aromatic nitrogens is 2. The molecule has 0 N–H and O–H groups in total. The third-order valence-electron chi connectivity index (χ3n) is 10.5. The van der Waals surface area contributed by atoms with Crippen LogP contribution in [-0.2, 0) is 5.41 Å². The monoisotopic (exact) mass is 655 g/mol. The first kappa shape index (κ1) is 28.9. The van der Waals surface area contributed by atoms with E-state index in [0.717, 1.165) is 49.1 Å². The van der Waals surface area contributed by atoms with Crippen molar-refractivity contribution >= 4 is 33.4 Å². The molecule has 1 aliphatic carbocycles. The molecule has 50 heavy (non-hydrogen) atoms. The van der Waals surface area contributed by atoms with E-state index in [4.69, 9.17) is 9.97 Å². The van der Waals surface area contributed by atoms with E-state index in [1.165, 1.54) is 43.7 Å². The van der Waals surface area contributed by atoms with Crippen LogP contribution in [0.3, 0.4) is 0 Å². The molecule has 0 bridgehead atoms. The molecule has 4 heteroatoms. The van der Waals surface area contributed by atoms with Crippen LogP contribution in [0, 0.1) is 11.3 Å². The molecule has 2 heterocycles. The van der Waals surface area contributed by atoms with Crippen molar-refractivity contribution in [1.29, 1.82) is 5.26 Å². The summed E-state index contributed by atoms with van der Waals surface area (Å²) >= 11 is 1.76. The average Bonchev–Trinajstić information content (AvgIpc) is 3.49. The van der Waals surface area contributed by atoms with Gasteiger partial charge < -0.3 is 0 Å². The van der Waals surface area contributed by atoms with Gasteiger partial charge in [0, 0.05) is 31.7 Å². The van der Waals surface area contributed by atoms with E-state index in [2.05, 4.69) is 147 Å². The molecule has 0 saturated heterocycles. The first-order valence-corrected chi connectivity index (χ1v) is 17.7. The summed E-state index contributed by atoms with van der Waals surface area (Å²) in [5.74, 6) is 0.710. The Bertz CT molecular complexity index is 2760. The summed E-state index contributed by atoms with van der Waals surface area (Å²) in [6.07, 6.45) is 0. The quantitative estimate of drug-likeness (QED) is 0.190. The first-order chi connectivity index (χ1) is 24.5. The van der Waals surface area contributed by atoms with Gasteiger partial charge in [-0.15, -0.1) is 0 Å². The molecule has 0 unspecified atom stereocenters. The van der Waals surface area contributed by atoms with Gasteiger partial charge in [0.15, 0.2) is 5.82 Å². The molecule has 0 amide bonds. The number of benzene rings is 7. The second-order valence-electron chi connectivity index (χ2n) is 13.7. The second-order valence-corrected chi connectivity index (χ2v) is 14.7. The van der Waals surface area contributed by atoms with Crippen molar-refractivity contribution in [1.82, 2.24) is 9.97 Å². The standard InChI is InChI=1S/C46H29N3S/c1-46(2)38-18-6-8-20-40(38)50-41-24-27(26-47)23-37(43(41)46)28-11-9-12-29(25-28)44-36-15-5-7-19-39(36)48-45(49-44)35-22-21-34-31-14-4-3-13-30(31)32-16-10-17-33(35)42(32)34/h3-25H,1-2H3. The summed E-state index contributed by atoms with van der Waals surface area (Å²) in [6.45, 7) is 4.59. The highest BCUT2D eigenvalue weighted by Gasteiger charge is 2.36. The van der Waals surface area contributed by atoms with Crippen LogP contribution in [0.25, 0.3) is 77.7 Å². The van der Waals surface area contributed by atoms with E-state index < -0.39 is 0 Å². The minimum atomic E-state index is -0.249. The molecule has 0 fully saturated rings. The van der Waals surface area contributed by atoms with Gasteiger partial charge in [0.1, 0.15) is 0 Å². The molecule has 0 spiro atoms. The van der Waals surface area contributed by atoms with Crippen LogP contribution >= 0.6 is 11.8 Å². The van der Waals surface area contributed by atoms with Crippen molar-refractivity contribution < 1.29 is 0 Å². The summed E-state index contributed by atoms with van der Waals surface area (Å²) in [5, 5.41) is 13.5. The lowest BCUT2D eigenvalue weighted by molar-refractivity contribution is 0.609. The maximum Gasteiger partial charge on any atom is 0.161 e. The Morgan fingerprint density at radius 3 is 2.10 bits per heavy atom. The molecule has 0 radical (unpaired) electrons. The molecular formula is C46H29N3S. The molecule has 234 valence electrons. The van der Waals surface area contributed by atoms with Gasteiger partial charge in [-0.1, -0.05) is 129 Å². The SMILES string of the molecule is CC1(C)c2ccccc2Sc2cc(C#N)cc(-c3cccc(-c4nc(-c5ccc6c7c(cccc57)-c5ccccc5-6)nc5ccccc45)c3)c21. The third kappa shape index (κ3) is 4.17. The molecule has 10 rings (SSSR count). The normalized spacial score (nSPS) is 13.5. The zero-order valence-corrected chi connectivity index (χ0v) is 28.3.